The topological polar surface area (TPSA) is 81.1 Å². The lowest BCUT2D eigenvalue weighted by Gasteiger charge is -2.28. The van der Waals surface area contributed by atoms with E-state index in [-0.39, 0.29) is 49.7 Å². The smallest absolute Gasteiger partial charge is 0.432 e. The average molecular weight is 766 g/mol. The summed E-state index contributed by atoms with van der Waals surface area (Å²) in [5, 5.41) is 12.6. The van der Waals surface area contributed by atoms with Crippen molar-refractivity contribution in [3.8, 4) is 0 Å². The number of aliphatic imine (C=N–C) groups is 1. The predicted molar refractivity (Wildman–Crippen MR) is 216 cm³/mol. The van der Waals surface area contributed by atoms with Crippen LogP contribution in [0.1, 0.15) is 75.2 Å². The first-order valence-electron chi connectivity index (χ1n) is 18.3. The maximum Gasteiger partial charge on any atom is 0.432 e. The van der Waals surface area contributed by atoms with E-state index in [0.717, 1.165) is 23.8 Å². The van der Waals surface area contributed by atoms with Gasteiger partial charge in [0, 0.05) is 43.6 Å². The molecule has 1 atom stereocenters. The van der Waals surface area contributed by atoms with Gasteiger partial charge in [-0.3, -0.25) is 9.89 Å². The number of rotatable bonds is 25. The van der Waals surface area contributed by atoms with Crippen LogP contribution in [0, 0.1) is 11.8 Å². The molecule has 0 fully saturated rings. The van der Waals surface area contributed by atoms with Crippen LogP contribution in [0.2, 0.25) is 0 Å². The summed E-state index contributed by atoms with van der Waals surface area (Å²) in [6.45, 7) is 27.6. The molecule has 0 spiro atoms. The molecule has 0 heterocycles. The van der Waals surface area contributed by atoms with Gasteiger partial charge in [0.15, 0.2) is 5.83 Å². The number of allylic oxidation sites excluding steroid dienone is 13. The van der Waals surface area contributed by atoms with Gasteiger partial charge in [0.2, 0.25) is 0 Å². The molecule has 0 saturated heterocycles. The number of nitrogens with one attached hydrogen (secondary N) is 3. The van der Waals surface area contributed by atoms with Gasteiger partial charge in [0.25, 0.3) is 0 Å². The molecule has 0 saturated carbocycles. The van der Waals surface area contributed by atoms with E-state index in [9.17, 15) is 22.7 Å². The van der Waals surface area contributed by atoms with Crippen LogP contribution in [0.15, 0.2) is 124 Å². The zero-order valence-corrected chi connectivity index (χ0v) is 34.0. The van der Waals surface area contributed by atoms with Crippen LogP contribution in [0.5, 0.6) is 0 Å². The predicted octanol–water partition coefficient (Wildman–Crippen LogP) is 10.0. The third-order valence-corrected chi connectivity index (χ3v) is 8.61. The van der Waals surface area contributed by atoms with E-state index >= 15 is 4.39 Å². The Balaban J connectivity index is 6.90. The monoisotopic (exact) mass is 765 g/mol. The molecular weight excluding hydrogens is 701 g/mol. The molecular formula is C42H64F5N5O2. The van der Waals surface area contributed by atoms with Crippen LogP contribution in [0.4, 0.5) is 22.0 Å². The number of hydrazine groups is 1. The lowest BCUT2D eigenvalue weighted by atomic mass is 9.80. The first-order chi connectivity index (χ1) is 25.4. The number of alkyl halides is 3. The van der Waals surface area contributed by atoms with E-state index in [4.69, 9.17) is 4.74 Å². The lowest BCUT2D eigenvalue weighted by Crippen LogP contribution is -2.30. The van der Waals surface area contributed by atoms with Gasteiger partial charge in [-0.2, -0.15) is 13.2 Å². The number of likely N-dealkylation sites (N-methyl/N-ethyl adjacent to an activating group) is 1. The van der Waals surface area contributed by atoms with Crippen molar-refractivity contribution >= 4 is 5.71 Å². The summed E-state index contributed by atoms with van der Waals surface area (Å²) in [7, 11) is 1.68. The van der Waals surface area contributed by atoms with E-state index in [0.29, 0.717) is 53.7 Å². The highest BCUT2D eigenvalue weighted by atomic mass is 19.4. The molecule has 12 heteroatoms. The molecule has 0 bridgehead atoms. The average Bonchev–Trinajstić information content (AvgIpc) is 3.11. The van der Waals surface area contributed by atoms with Crippen molar-refractivity contribution < 1.29 is 31.8 Å². The third-order valence-electron chi connectivity index (χ3n) is 8.61. The second-order valence-corrected chi connectivity index (χ2v) is 12.9. The fourth-order valence-electron chi connectivity index (χ4n) is 5.54. The minimum atomic E-state index is -4.57. The summed E-state index contributed by atoms with van der Waals surface area (Å²) in [6, 6.07) is 0. The van der Waals surface area contributed by atoms with Gasteiger partial charge in [0.05, 0.1) is 18.1 Å². The molecule has 0 amide bonds. The third kappa shape index (κ3) is 18.4. The fourth-order valence-corrected chi connectivity index (χ4v) is 5.54. The van der Waals surface area contributed by atoms with Gasteiger partial charge < -0.3 is 20.6 Å². The number of halogens is 5. The standard InChI is InChI=1S/C42H64F5N5O2/c1-13-30(7)26-36(18-17-19-40(49-15-3)42(45,46)47)39(14-2)50-33(10)41(34(11)51-48-12)32(9)37(29(5)6)27-35(38(44)28-43)21-20-31(8)54-25-23-52(16-4)22-24-53/h13-14,17,19-21,26,28-29,37,48,50-51,53H,10-11,15-16,18,22-25,27H2,1-9,12H3/b19-17-,30-13-,31-20+,35-21-,36-26-,38-28-,39-14+,41-32-,49-40?. The van der Waals surface area contributed by atoms with Crippen molar-refractivity contribution in [1.82, 2.24) is 21.1 Å². The Hall–Kier alpha value is -4.00. The van der Waals surface area contributed by atoms with Crippen LogP contribution in [-0.2, 0) is 4.74 Å². The summed E-state index contributed by atoms with van der Waals surface area (Å²) in [6.07, 6.45) is 6.81. The Labute approximate surface area is 321 Å². The number of hydrogen-bond acceptors (Lipinski definition) is 7. The summed E-state index contributed by atoms with van der Waals surface area (Å²) < 4.78 is 75.2. The molecule has 0 aliphatic carbocycles. The fraction of sp³-hybridized carbons (Fsp3) is 0.500. The van der Waals surface area contributed by atoms with Gasteiger partial charge in [0.1, 0.15) is 18.6 Å². The highest BCUT2D eigenvalue weighted by Gasteiger charge is 2.33. The zero-order chi connectivity index (χ0) is 41.4. The Morgan fingerprint density at radius 1 is 1.00 bits per heavy atom. The SMILES string of the molecule is C=C(NNC)/C(C(=C)NC(=C/C)/C(=C\C(C)=C/C)C/C=C\C(=NCC)C(F)(F)F)=C(/C)C(CC(=C/C=C(\C)OCCN(CC)CCO)/C(F)=C/F)C(C)C. The Bertz CT molecular complexity index is 1490. The minimum absolute atomic E-state index is 0.000992. The number of nitrogens with zero attached hydrogens (tertiary/aromatic N) is 2. The van der Waals surface area contributed by atoms with Crippen LogP contribution in [0.25, 0.3) is 0 Å². The molecule has 0 aliphatic heterocycles. The molecule has 304 valence electrons. The maximum atomic E-state index is 15.1. The number of aliphatic hydroxyl groups excluding tert-OH is 1. The molecule has 0 aliphatic rings. The normalized spacial score (nSPS) is 15.6. The van der Waals surface area contributed by atoms with Crippen LogP contribution in [0.3, 0.4) is 0 Å². The number of aliphatic hydroxyl groups is 1. The summed E-state index contributed by atoms with van der Waals surface area (Å²) in [5.41, 5.74) is 9.61. The van der Waals surface area contributed by atoms with Gasteiger partial charge >= 0.3 is 6.18 Å². The second kappa shape index (κ2) is 26.7. The zero-order valence-electron chi connectivity index (χ0n) is 34.0. The molecule has 0 aromatic heterocycles. The maximum absolute atomic E-state index is 15.1. The molecule has 0 aromatic carbocycles. The Kier molecular flexibility index (Phi) is 24.7. The second-order valence-electron chi connectivity index (χ2n) is 12.9. The molecule has 1 unspecified atom stereocenters. The number of hydrogen-bond donors (Lipinski definition) is 4. The molecule has 54 heavy (non-hydrogen) atoms. The summed E-state index contributed by atoms with van der Waals surface area (Å²) >= 11 is 0. The van der Waals surface area contributed by atoms with Crippen molar-refractivity contribution in [2.24, 2.45) is 16.8 Å². The van der Waals surface area contributed by atoms with Gasteiger partial charge in [-0.1, -0.05) is 75.5 Å². The Morgan fingerprint density at radius 3 is 2.17 bits per heavy atom. The van der Waals surface area contributed by atoms with Gasteiger partial charge in [-0.15, -0.1) is 0 Å². The van der Waals surface area contributed by atoms with Gasteiger partial charge in [-0.05, 0) is 96.1 Å². The van der Waals surface area contributed by atoms with Crippen molar-refractivity contribution in [3.63, 3.8) is 0 Å². The van der Waals surface area contributed by atoms with E-state index < -0.39 is 17.7 Å². The number of ether oxygens (including phenoxy) is 1. The van der Waals surface area contributed by atoms with Crippen LogP contribution in [-0.4, -0.2) is 68.3 Å². The minimum Gasteiger partial charge on any atom is -0.497 e. The van der Waals surface area contributed by atoms with E-state index in [1.807, 2.05) is 71.6 Å². The molecule has 0 rings (SSSR count). The van der Waals surface area contributed by atoms with E-state index in [1.165, 1.54) is 12.2 Å². The molecule has 0 radical (unpaired) electrons. The summed E-state index contributed by atoms with van der Waals surface area (Å²) in [4.78, 5) is 5.64. The van der Waals surface area contributed by atoms with Crippen molar-refractivity contribution in [2.75, 3.05) is 46.4 Å². The molecule has 4 N–H and O–H groups in total. The quantitative estimate of drug-likeness (QED) is 0.0244. The van der Waals surface area contributed by atoms with Crippen molar-refractivity contribution in [1.29, 1.82) is 0 Å². The first kappa shape index (κ1) is 50.0. The largest absolute Gasteiger partial charge is 0.497 e. The highest BCUT2D eigenvalue weighted by molar-refractivity contribution is 5.99. The molecule has 0 aromatic rings. The van der Waals surface area contributed by atoms with Crippen molar-refractivity contribution in [2.45, 2.75) is 81.3 Å². The van der Waals surface area contributed by atoms with Gasteiger partial charge in [-0.25, -0.2) is 14.2 Å². The van der Waals surface area contributed by atoms with E-state index in [1.54, 1.807) is 27.0 Å². The van der Waals surface area contributed by atoms with Crippen molar-refractivity contribution in [3.05, 3.63) is 119 Å². The highest BCUT2D eigenvalue weighted by Crippen LogP contribution is 2.35. The molecule has 7 nitrogen and oxygen atoms in total. The van der Waals surface area contributed by atoms with E-state index in [2.05, 4.69) is 34.3 Å². The lowest BCUT2D eigenvalue weighted by molar-refractivity contribution is -0.0578. The first-order valence-corrected chi connectivity index (χ1v) is 18.3. The Morgan fingerprint density at radius 2 is 1.67 bits per heavy atom. The summed E-state index contributed by atoms with van der Waals surface area (Å²) in [5.74, 6) is -0.826. The van der Waals surface area contributed by atoms with Crippen LogP contribution >= 0.6 is 0 Å². The van der Waals surface area contributed by atoms with Crippen LogP contribution < -0.4 is 16.2 Å².